The summed E-state index contributed by atoms with van der Waals surface area (Å²) in [6, 6.07) is 7.53. The first kappa shape index (κ1) is 18.2. The second kappa shape index (κ2) is 7.32. The molecule has 2 amide bonds. The van der Waals surface area contributed by atoms with E-state index in [9.17, 15) is 9.59 Å². The Kier molecular flexibility index (Phi) is 5.11. The second-order valence-electron chi connectivity index (χ2n) is 7.16. The number of aromatic nitrogens is 2. The number of nitrogens with zero attached hydrogens (tertiary/aromatic N) is 4. The van der Waals surface area contributed by atoms with Gasteiger partial charge in [0, 0.05) is 37.1 Å². The van der Waals surface area contributed by atoms with Crippen LogP contribution in [0.5, 0.6) is 0 Å². The van der Waals surface area contributed by atoms with E-state index in [2.05, 4.69) is 18.8 Å². The molecule has 0 bridgehead atoms. The SMILES string of the molecule is Cc1ccc(N2CCN(C(=O)[C@H](C)n3ccnc3C(C)C)CC2=O)cc1. The monoisotopic (exact) mass is 354 g/mol. The maximum absolute atomic E-state index is 12.9. The summed E-state index contributed by atoms with van der Waals surface area (Å²) >= 11 is 0. The van der Waals surface area contributed by atoms with Crippen LogP contribution in [0.1, 0.15) is 44.1 Å². The van der Waals surface area contributed by atoms with Crippen molar-refractivity contribution in [3.8, 4) is 0 Å². The van der Waals surface area contributed by atoms with Crippen LogP contribution in [0.3, 0.4) is 0 Å². The van der Waals surface area contributed by atoms with Gasteiger partial charge in [0.25, 0.3) is 0 Å². The van der Waals surface area contributed by atoms with E-state index in [0.29, 0.717) is 13.1 Å². The van der Waals surface area contributed by atoms with Gasteiger partial charge in [0.15, 0.2) is 0 Å². The number of benzene rings is 1. The molecule has 0 N–H and O–H groups in total. The van der Waals surface area contributed by atoms with Crippen molar-refractivity contribution in [2.45, 2.75) is 39.7 Å². The molecule has 2 heterocycles. The number of piperazine rings is 1. The lowest BCUT2D eigenvalue weighted by molar-refractivity contribution is -0.139. The molecule has 0 aliphatic carbocycles. The molecule has 6 heteroatoms. The number of carbonyl (C=O) groups excluding carboxylic acids is 2. The molecular weight excluding hydrogens is 328 g/mol. The molecule has 1 aliphatic heterocycles. The number of aryl methyl sites for hydroxylation is 1. The molecule has 3 rings (SSSR count). The summed E-state index contributed by atoms with van der Waals surface area (Å²) in [5.41, 5.74) is 2.04. The summed E-state index contributed by atoms with van der Waals surface area (Å²) in [5, 5.41) is 0. The molecule has 1 fully saturated rings. The van der Waals surface area contributed by atoms with Gasteiger partial charge in [0.05, 0.1) is 0 Å². The van der Waals surface area contributed by atoms with Crippen LogP contribution >= 0.6 is 0 Å². The molecular formula is C20H26N4O2. The van der Waals surface area contributed by atoms with Crippen molar-refractivity contribution in [1.29, 1.82) is 0 Å². The third kappa shape index (κ3) is 3.49. The van der Waals surface area contributed by atoms with E-state index in [1.807, 2.05) is 48.9 Å². The molecule has 0 saturated carbocycles. The van der Waals surface area contributed by atoms with Gasteiger partial charge < -0.3 is 14.4 Å². The van der Waals surface area contributed by atoms with Crippen molar-refractivity contribution in [3.63, 3.8) is 0 Å². The standard InChI is InChI=1S/C20H26N4O2/c1-14(2)19-21-9-10-23(19)16(4)20(26)22-11-12-24(18(25)13-22)17-7-5-15(3)6-8-17/h5-10,14,16H,11-13H2,1-4H3/t16-/m0/s1. The van der Waals surface area contributed by atoms with Gasteiger partial charge in [0.1, 0.15) is 18.4 Å². The van der Waals surface area contributed by atoms with Crippen molar-refractivity contribution in [3.05, 3.63) is 48.0 Å². The zero-order valence-corrected chi connectivity index (χ0v) is 15.8. The zero-order chi connectivity index (χ0) is 18.8. The Balaban J connectivity index is 1.70. The number of carbonyl (C=O) groups is 2. The quantitative estimate of drug-likeness (QED) is 0.848. The van der Waals surface area contributed by atoms with Gasteiger partial charge in [0.2, 0.25) is 11.8 Å². The van der Waals surface area contributed by atoms with Crippen LogP contribution in [0.25, 0.3) is 0 Å². The molecule has 0 radical (unpaired) electrons. The van der Waals surface area contributed by atoms with Crippen molar-refractivity contribution < 1.29 is 9.59 Å². The van der Waals surface area contributed by atoms with E-state index >= 15 is 0 Å². The van der Waals surface area contributed by atoms with E-state index in [-0.39, 0.29) is 30.3 Å². The number of rotatable bonds is 4. The lowest BCUT2D eigenvalue weighted by Gasteiger charge is -2.36. The molecule has 1 aromatic heterocycles. The highest BCUT2D eigenvalue weighted by atomic mass is 16.2. The molecule has 0 spiro atoms. The first-order chi connectivity index (χ1) is 12.4. The Morgan fingerprint density at radius 1 is 1.12 bits per heavy atom. The largest absolute Gasteiger partial charge is 0.330 e. The number of anilines is 1. The maximum atomic E-state index is 12.9. The van der Waals surface area contributed by atoms with Gasteiger partial charge in [-0.25, -0.2) is 4.98 Å². The molecule has 6 nitrogen and oxygen atoms in total. The first-order valence-corrected chi connectivity index (χ1v) is 9.07. The van der Waals surface area contributed by atoms with Crippen LogP contribution in [0, 0.1) is 6.92 Å². The lowest BCUT2D eigenvalue weighted by Crippen LogP contribution is -2.53. The summed E-state index contributed by atoms with van der Waals surface area (Å²) in [4.78, 5) is 33.3. The third-order valence-electron chi connectivity index (χ3n) is 4.87. The first-order valence-electron chi connectivity index (χ1n) is 9.07. The summed E-state index contributed by atoms with van der Waals surface area (Å²) in [6.45, 7) is 9.16. The predicted octanol–water partition coefficient (Wildman–Crippen LogP) is 2.75. The van der Waals surface area contributed by atoms with Crippen LogP contribution in [0.15, 0.2) is 36.7 Å². The highest BCUT2D eigenvalue weighted by Gasteiger charge is 2.31. The summed E-state index contributed by atoms with van der Waals surface area (Å²) in [6.07, 6.45) is 3.56. The number of hydrogen-bond donors (Lipinski definition) is 0. The molecule has 0 unspecified atom stereocenters. The minimum atomic E-state index is -0.367. The van der Waals surface area contributed by atoms with Gasteiger partial charge in [-0.15, -0.1) is 0 Å². The average molecular weight is 354 g/mol. The fourth-order valence-corrected chi connectivity index (χ4v) is 3.34. The highest BCUT2D eigenvalue weighted by Crippen LogP contribution is 2.22. The van der Waals surface area contributed by atoms with Crippen molar-refractivity contribution in [2.75, 3.05) is 24.5 Å². The summed E-state index contributed by atoms with van der Waals surface area (Å²) < 4.78 is 1.91. The van der Waals surface area contributed by atoms with Gasteiger partial charge in [-0.05, 0) is 26.0 Å². The Labute approximate surface area is 154 Å². The summed E-state index contributed by atoms with van der Waals surface area (Å²) in [5.74, 6) is 1.04. The van der Waals surface area contributed by atoms with E-state index in [1.54, 1.807) is 16.0 Å². The minimum absolute atomic E-state index is 0.0400. The van der Waals surface area contributed by atoms with Crippen LogP contribution in [0.2, 0.25) is 0 Å². The third-order valence-corrected chi connectivity index (χ3v) is 4.87. The average Bonchev–Trinajstić information content (AvgIpc) is 3.11. The number of imidazole rings is 1. The fourth-order valence-electron chi connectivity index (χ4n) is 3.34. The van der Waals surface area contributed by atoms with E-state index in [1.165, 1.54) is 0 Å². The van der Waals surface area contributed by atoms with Gasteiger partial charge in [-0.3, -0.25) is 9.59 Å². The lowest BCUT2D eigenvalue weighted by atomic mass is 10.1. The molecule has 26 heavy (non-hydrogen) atoms. The smallest absolute Gasteiger partial charge is 0.246 e. The van der Waals surface area contributed by atoms with Crippen LogP contribution in [-0.4, -0.2) is 45.9 Å². The second-order valence-corrected chi connectivity index (χ2v) is 7.16. The van der Waals surface area contributed by atoms with E-state index in [0.717, 1.165) is 17.1 Å². The van der Waals surface area contributed by atoms with Gasteiger partial charge in [-0.1, -0.05) is 31.5 Å². The topological polar surface area (TPSA) is 58.4 Å². The Hall–Kier alpha value is -2.63. The number of amides is 2. The maximum Gasteiger partial charge on any atom is 0.246 e. The predicted molar refractivity (Wildman–Crippen MR) is 101 cm³/mol. The minimum Gasteiger partial charge on any atom is -0.330 e. The molecule has 1 saturated heterocycles. The van der Waals surface area contributed by atoms with Crippen molar-refractivity contribution >= 4 is 17.5 Å². The van der Waals surface area contributed by atoms with Crippen molar-refractivity contribution in [2.24, 2.45) is 0 Å². The van der Waals surface area contributed by atoms with Crippen molar-refractivity contribution in [1.82, 2.24) is 14.5 Å². The zero-order valence-electron chi connectivity index (χ0n) is 15.8. The Morgan fingerprint density at radius 2 is 1.81 bits per heavy atom. The molecule has 1 aliphatic rings. The molecule has 2 aromatic rings. The normalized spacial score (nSPS) is 16.3. The molecule has 1 atom stereocenters. The van der Waals surface area contributed by atoms with Crippen LogP contribution in [-0.2, 0) is 9.59 Å². The fraction of sp³-hybridized carbons (Fsp3) is 0.450. The highest BCUT2D eigenvalue weighted by molar-refractivity contribution is 5.98. The number of hydrogen-bond acceptors (Lipinski definition) is 3. The van der Waals surface area contributed by atoms with E-state index in [4.69, 9.17) is 0 Å². The van der Waals surface area contributed by atoms with E-state index < -0.39 is 0 Å². The summed E-state index contributed by atoms with van der Waals surface area (Å²) in [7, 11) is 0. The Bertz CT molecular complexity index is 794. The molecule has 1 aromatic carbocycles. The van der Waals surface area contributed by atoms with Crippen LogP contribution in [0.4, 0.5) is 5.69 Å². The Morgan fingerprint density at radius 3 is 2.42 bits per heavy atom. The molecule has 138 valence electrons. The van der Waals surface area contributed by atoms with Crippen LogP contribution < -0.4 is 4.90 Å². The van der Waals surface area contributed by atoms with Gasteiger partial charge >= 0.3 is 0 Å². The van der Waals surface area contributed by atoms with Gasteiger partial charge in [-0.2, -0.15) is 0 Å².